The molecule has 0 aromatic carbocycles. The van der Waals surface area contributed by atoms with Crippen LogP contribution in [-0.2, 0) is 14.4 Å². The molecule has 0 spiro atoms. The second kappa shape index (κ2) is 9.24. The van der Waals surface area contributed by atoms with Crippen LogP contribution in [0, 0.1) is 11.8 Å². The van der Waals surface area contributed by atoms with Crippen LogP contribution in [0.15, 0.2) is 15.6 Å². The standard InChI is InChI=1S/C21H31N5O6S/c1-9-15-14(10(2)28)19(30)26(15)16(20(31)32)17(9)33-12-6-13(23-7-12)18(29)24-21(22)25-5-3-4-11(25)8-27/h9-15,23,27-28H,3-8H2,1-2H3,(H,31,32)(H2,22,24,29)/t9-,10-,11?,12+,13+,14-,15-/m1/s1. The summed E-state index contributed by atoms with van der Waals surface area (Å²) in [5.74, 6) is -2.62. The fraction of sp³-hybridized carbons (Fsp3) is 0.714. The van der Waals surface area contributed by atoms with Crippen molar-refractivity contribution < 1.29 is 29.7 Å². The van der Waals surface area contributed by atoms with E-state index in [-0.39, 0.29) is 53.3 Å². The van der Waals surface area contributed by atoms with Crippen molar-refractivity contribution >= 4 is 35.5 Å². The molecule has 6 N–H and O–H groups in total. The predicted octanol–water partition coefficient (Wildman–Crippen LogP) is -1.10. The average Bonchev–Trinajstić information content (AvgIpc) is 3.46. The highest BCUT2D eigenvalue weighted by Gasteiger charge is 2.60. The highest BCUT2D eigenvalue weighted by Crippen LogP contribution is 2.51. The number of guanidine groups is 1. The molecular weight excluding hydrogens is 450 g/mol. The first-order valence-corrected chi connectivity index (χ1v) is 12.2. The van der Waals surface area contributed by atoms with E-state index in [1.54, 1.807) is 11.8 Å². The summed E-state index contributed by atoms with van der Waals surface area (Å²) in [4.78, 5) is 44.8. The molecule has 2 amide bonds. The molecule has 0 radical (unpaired) electrons. The summed E-state index contributed by atoms with van der Waals surface area (Å²) in [5.41, 5.74) is 6.00. The van der Waals surface area contributed by atoms with Crippen LogP contribution in [0.2, 0.25) is 0 Å². The Morgan fingerprint density at radius 1 is 1.39 bits per heavy atom. The number of amides is 2. The molecule has 0 aromatic heterocycles. The van der Waals surface area contributed by atoms with Crippen molar-refractivity contribution in [1.82, 2.24) is 15.1 Å². The Balaban J connectivity index is 1.43. The van der Waals surface area contributed by atoms with Crippen LogP contribution in [0.25, 0.3) is 0 Å². The molecule has 3 fully saturated rings. The lowest BCUT2D eigenvalue weighted by Crippen LogP contribution is -2.63. The van der Waals surface area contributed by atoms with Gasteiger partial charge in [0.25, 0.3) is 5.91 Å². The molecule has 3 saturated heterocycles. The van der Waals surface area contributed by atoms with Gasteiger partial charge >= 0.3 is 5.97 Å². The summed E-state index contributed by atoms with van der Waals surface area (Å²) in [7, 11) is 0. The fourth-order valence-corrected chi connectivity index (χ4v) is 6.90. The van der Waals surface area contributed by atoms with Crippen LogP contribution < -0.4 is 11.1 Å². The number of aliphatic imine (C=N–C) groups is 1. The van der Waals surface area contributed by atoms with Gasteiger partial charge in [-0.25, -0.2) is 4.79 Å². The summed E-state index contributed by atoms with van der Waals surface area (Å²) >= 11 is 1.38. The van der Waals surface area contributed by atoms with Gasteiger partial charge < -0.3 is 36.2 Å². The molecule has 7 atom stereocenters. The zero-order valence-electron chi connectivity index (χ0n) is 18.7. The monoisotopic (exact) mass is 481 g/mol. The number of carbonyl (C=O) groups is 3. The molecule has 4 rings (SSSR count). The minimum atomic E-state index is -1.16. The Morgan fingerprint density at radius 3 is 2.76 bits per heavy atom. The number of carbonyl (C=O) groups excluding carboxylic acids is 2. The molecule has 4 aliphatic heterocycles. The third kappa shape index (κ3) is 4.13. The first kappa shape index (κ1) is 24.0. The Bertz CT molecular complexity index is 908. The summed E-state index contributed by atoms with van der Waals surface area (Å²) in [5, 5.41) is 32.3. The quantitative estimate of drug-likeness (QED) is 0.178. The van der Waals surface area contributed by atoms with Crippen molar-refractivity contribution in [1.29, 1.82) is 0 Å². The second-order valence-corrected chi connectivity index (χ2v) is 10.5. The number of nitrogens with zero attached hydrogens (tertiary/aromatic N) is 3. The van der Waals surface area contributed by atoms with E-state index in [0.29, 0.717) is 24.4 Å². The van der Waals surface area contributed by atoms with Crippen LogP contribution >= 0.6 is 11.8 Å². The number of aliphatic hydroxyl groups is 2. The van der Waals surface area contributed by atoms with Gasteiger partial charge in [0.1, 0.15) is 5.70 Å². The third-order valence-corrected chi connectivity index (χ3v) is 8.61. The number of carboxylic acids is 1. The van der Waals surface area contributed by atoms with Gasteiger partial charge in [0.2, 0.25) is 5.91 Å². The van der Waals surface area contributed by atoms with E-state index in [9.17, 15) is 29.7 Å². The van der Waals surface area contributed by atoms with Crippen LogP contribution in [-0.4, -0.2) is 98.0 Å². The van der Waals surface area contributed by atoms with Gasteiger partial charge in [0, 0.05) is 29.2 Å². The van der Waals surface area contributed by atoms with Gasteiger partial charge in [-0.15, -0.1) is 11.8 Å². The van der Waals surface area contributed by atoms with Crippen LogP contribution in [0.1, 0.15) is 33.1 Å². The lowest BCUT2D eigenvalue weighted by Gasteiger charge is -2.46. The molecule has 182 valence electrons. The van der Waals surface area contributed by atoms with Gasteiger partial charge in [0.15, 0.2) is 5.96 Å². The lowest BCUT2D eigenvalue weighted by molar-refractivity contribution is -0.163. The zero-order valence-corrected chi connectivity index (χ0v) is 19.5. The third-order valence-electron chi connectivity index (χ3n) is 7.10. The summed E-state index contributed by atoms with van der Waals surface area (Å²) in [6, 6.07) is -1.02. The van der Waals surface area contributed by atoms with E-state index >= 15 is 0 Å². The lowest BCUT2D eigenvalue weighted by atomic mass is 9.79. The molecular formula is C21H31N5O6S. The number of thioether (sulfide) groups is 1. The van der Waals surface area contributed by atoms with Crippen molar-refractivity contribution in [3.8, 4) is 0 Å². The Hall–Kier alpha value is -2.15. The topological polar surface area (TPSA) is 169 Å². The Labute approximate surface area is 196 Å². The molecule has 0 aliphatic carbocycles. The molecule has 1 unspecified atom stereocenters. The number of carboxylic acid groups (broad SMARTS) is 1. The highest BCUT2D eigenvalue weighted by atomic mass is 32.2. The number of hydrogen-bond donors (Lipinski definition) is 5. The smallest absolute Gasteiger partial charge is 0.353 e. The fourth-order valence-electron chi connectivity index (χ4n) is 5.42. The Kier molecular flexibility index (Phi) is 6.72. The van der Waals surface area contributed by atoms with Gasteiger partial charge in [-0.1, -0.05) is 6.92 Å². The molecule has 4 aliphatic rings. The number of rotatable bonds is 6. The molecule has 0 aromatic rings. The number of β-lactam (4-membered cyclic amide) rings is 1. The van der Waals surface area contributed by atoms with Crippen LogP contribution in [0.4, 0.5) is 0 Å². The summed E-state index contributed by atoms with van der Waals surface area (Å²) in [6.07, 6.45) is 1.29. The number of fused-ring (bicyclic) bond motifs is 1. The molecule has 4 heterocycles. The van der Waals surface area contributed by atoms with Gasteiger partial charge in [-0.2, -0.15) is 4.99 Å². The Morgan fingerprint density at radius 2 is 2.12 bits per heavy atom. The summed E-state index contributed by atoms with van der Waals surface area (Å²) in [6.45, 7) is 4.52. The van der Waals surface area contributed by atoms with E-state index in [1.165, 1.54) is 16.7 Å². The first-order chi connectivity index (χ1) is 15.6. The van der Waals surface area contributed by atoms with E-state index in [0.717, 1.165) is 12.8 Å². The average molecular weight is 482 g/mol. The minimum Gasteiger partial charge on any atom is -0.477 e. The highest BCUT2D eigenvalue weighted by molar-refractivity contribution is 8.03. The van der Waals surface area contributed by atoms with Gasteiger partial charge in [-0.05, 0) is 26.2 Å². The molecule has 0 bridgehead atoms. The van der Waals surface area contributed by atoms with E-state index in [2.05, 4.69) is 10.3 Å². The second-order valence-electron chi connectivity index (χ2n) is 9.19. The van der Waals surface area contributed by atoms with E-state index in [1.807, 2.05) is 6.92 Å². The normalized spacial score (nSPS) is 35.2. The maximum absolute atomic E-state index is 12.7. The molecule has 33 heavy (non-hydrogen) atoms. The van der Waals surface area contributed by atoms with Crippen molar-refractivity contribution in [2.45, 2.75) is 62.6 Å². The minimum absolute atomic E-state index is 0.0134. The van der Waals surface area contributed by atoms with Crippen LogP contribution in [0.5, 0.6) is 0 Å². The van der Waals surface area contributed by atoms with E-state index < -0.39 is 24.0 Å². The van der Waals surface area contributed by atoms with Crippen molar-refractivity contribution in [3.63, 3.8) is 0 Å². The number of aliphatic carboxylic acids is 1. The number of nitrogens with one attached hydrogen (secondary N) is 1. The maximum atomic E-state index is 12.7. The predicted molar refractivity (Wildman–Crippen MR) is 121 cm³/mol. The largest absolute Gasteiger partial charge is 0.477 e. The van der Waals surface area contributed by atoms with Crippen molar-refractivity contribution in [2.24, 2.45) is 22.6 Å². The van der Waals surface area contributed by atoms with Crippen molar-refractivity contribution in [3.05, 3.63) is 10.6 Å². The first-order valence-electron chi connectivity index (χ1n) is 11.3. The van der Waals surface area contributed by atoms with E-state index in [4.69, 9.17) is 5.73 Å². The molecule has 11 nitrogen and oxygen atoms in total. The number of likely N-dealkylation sites (tertiary alicyclic amines) is 1. The number of nitrogens with two attached hydrogens (primary N) is 1. The number of hydrogen-bond acceptors (Lipinski definition) is 7. The maximum Gasteiger partial charge on any atom is 0.353 e. The number of aliphatic hydroxyl groups excluding tert-OH is 2. The SMILES string of the molecule is C[C@@H](O)[C@H]1C(=O)N2C(C(=O)O)=C(S[C@@H]3CN[C@H](C(=O)N=C(N)N4CCCC4CO)C3)[C@H](C)[C@H]12. The molecule has 0 saturated carbocycles. The molecule has 12 heteroatoms. The van der Waals surface area contributed by atoms with Gasteiger partial charge in [-0.3, -0.25) is 9.59 Å². The van der Waals surface area contributed by atoms with Gasteiger partial charge in [0.05, 0.1) is 36.8 Å². The van der Waals surface area contributed by atoms with Crippen LogP contribution in [0.3, 0.4) is 0 Å². The summed E-state index contributed by atoms with van der Waals surface area (Å²) < 4.78 is 0. The van der Waals surface area contributed by atoms with Crippen molar-refractivity contribution in [2.75, 3.05) is 19.7 Å². The zero-order chi connectivity index (χ0) is 24.0.